The molecule has 0 N–H and O–H groups in total. The van der Waals surface area contributed by atoms with Gasteiger partial charge in [0, 0.05) is 13.2 Å². The number of aromatic nitrogens is 3. The fourth-order valence-corrected chi connectivity index (χ4v) is 2.19. The largest absolute Gasteiger partial charge is 0.269 e. The van der Waals surface area contributed by atoms with Crippen LogP contribution in [0.2, 0.25) is 0 Å². The van der Waals surface area contributed by atoms with Crippen molar-refractivity contribution in [2.45, 2.75) is 0 Å². The first-order valence-corrected chi connectivity index (χ1v) is 5.64. The van der Waals surface area contributed by atoms with E-state index in [0.717, 1.165) is 14.5 Å². The van der Waals surface area contributed by atoms with E-state index in [1.165, 1.54) is 0 Å². The minimum absolute atomic E-state index is 0.984. The first kappa shape index (κ1) is 9.61. The van der Waals surface area contributed by atoms with Crippen molar-refractivity contribution < 1.29 is 0 Å². The highest BCUT2D eigenvalue weighted by molar-refractivity contribution is 9.11. The van der Waals surface area contributed by atoms with Gasteiger partial charge in [-0.15, -0.1) is 11.3 Å². The molecule has 3 nitrogen and oxygen atoms in total. The van der Waals surface area contributed by atoms with Crippen LogP contribution in [0.4, 0.5) is 0 Å². The van der Waals surface area contributed by atoms with Gasteiger partial charge in [-0.2, -0.15) is 5.10 Å². The minimum Gasteiger partial charge on any atom is -0.269 e. The Morgan fingerprint density at radius 2 is 2.36 bits per heavy atom. The van der Waals surface area contributed by atoms with E-state index in [2.05, 4.69) is 26.0 Å². The summed E-state index contributed by atoms with van der Waals surface area (Å²) in [5.74, 6) is 0. The molecular weight excluding hydrogens is 262 g/mol. The molecular formula is C9H8BrN3S. The number of nitrogens with zero attached hydrogens (tertiary/aromatic N) is 3. The fourth-order valence-electron chi connectivity index (χ4n) is 1.05. The van der Waals surface area contributed by atoms with Crippen molar-refractivity contribution in [2.75, 3.05) is 0 Å². The Hall–Kier alpha value is -0.940. The molecule has 72 valence electrons. The zero-order valence-electron chi connectivity index (χ0n) is 7.51. The molecule has 2 aromatic rings. The quantitative estimate of drug-likeness (QED) is 0.840. The third kappa shape index (κ3) is 2.10. The van der Waals surface area contributed by atoms with Crippen LogP contribution < -0.4 is 0 Å². The van der Waals surface area contributed by atoms with Gasteiger partial charge in [0.05, 0.1) is 15.7 Å². The van der Waals surface area contributed by atoms with Crippen LogP contribution in [-0.2, 0) is 7.05 Å². The summed E-state index contributed by atoms with van der Waals surface area (Å²) in [4.78, 5) is 4.20. The van der Waals surface area contributed by atoms with Crippen LogP contribution in [0.3, 0.4) is 0 Å². The Morgan fingerprint density at radius 1 is 1.50 bits per heavy atom. The van der Waals surface area contributed by atoms with Crippen molar-refractivity contribution in [2.24, 2.45) is 7.05 Å². The first-order chi connectivity index (χ1) is 6.75. The molecule has 0 aliphatic heterocycles. The molecule has 0 radical (unpaired) electrons. The summed E-state index contributed by atoms with van der Waals surface area (Å²) in [6, 6.07) is 1.96. The molecule has 0 bridgehead atoms. The van der Waals surface area contributed by atoms with Gasteiger partial charge >= 0.3 is 0 Å². The molecule has 2 rings (SSSR count). The lowest BCUT2D eigenvalue weighted by Gasteiger charge is -1.91. The van der Waals surface area contributed by atoms with Gasteiger partial charge in [0.15, 0.2) is 0 Å². The summed E-state index contributed by atoms with van der Waals surface area (Å²) < 4.78 is 2.86. The second-order valence-electron chi connectivity index (χ2n) is 2.72. The van der Waals surface area contributed by atoms with Crippen molar-refractivity contribution in [3.63, 3.8) is 0 Å². The maximum Gasteiger partial charge on any atom is 0.117 e. The maximum absolute atomic E-state index is 4.20. The predicted octanol–water partition coefficient (Wildman–Crippen LogP) is 2.81. The number of hydrogen-bond donors (Lipinski definition) is 0. The van der Waals surface area contributed by atoms with Crippen LogP contribution in [0.25, 0.3) is 12.2 Å². The van der Waals surface area contributed by atoms with Gasteiger partial charge in [-0.25, -0.2) is 4.98 Å². The molecule has 2 heterocycles. The third-order valence-corrected chi connectivity index (χ3v) is 3.19. The van der Waals surface area contributed by atoms with Gasteiger partial charge < -0.3 is 0 Å². The van der Waals surface area contributed by atoms with Crippen molar-refractivity contribution in [1.82, 2.24) is 14.8 Å². The molecule has 2 aromatic heterocycles. The van der Waals surface area contributed by atoms with Crippen LogP contribution in [0, 0.1) is 0 Å². The average molecular weight is 270 g/mol. The standard InChI is InChI=1S/C9H8BrN3S/c1-13-7(4-5-12-13)2-3-9-11-6-8(10)14-9/h2-6H,1H3/b3-2+. The third-order valence-electron chi connectivity index (χ3n) is 1.75. The Morgan fingerprint density at radius 3 is 2.93 bits per heavy atom. The van der Waals surface area contributed by atoms with E-state index < -0.39 is 0 Å². The molecule has 0 amide bonds. The summed E-state index contributed by atoms with van der Waals surface area (Å²) in [6.07, 6.45) is 7.55. The van der Waals surface area contributed by atoms with Crippen LogP contribution >= 0.6 is 27.3 Å². The molecule has 0 fully saturated rings. The lowest BCUT2D eigenvalue weighted by molar-refractivity contribution is 0.760. The minimum atomic E-state index is 0.984. The van der Waals surface area contributed by atoms with Gasteiger partial charge in [-0.1, -0.05) is 0 Å². The maximum atomic E-state index is 4.20. The van der Waals surface area contributed by atoms with Gasteiger partial charge in [-0.05, 0) is 34.1 Å². The van der Waals surface area contributed by atoms with Crippen molar-refractivity contribution in [3.05, 3.63) is 32.9 Å². The molecule has 0 unspecified atom stereocenters. The molecule has 0 atom stereocenters. The van der Waals surface area contributed by atoms with E-state index in [9.17, 15) is 0 Å². The van der Waals surface area contributed by atoms with Crippen molar-refractivity contribution in [1.29, 1.82) is 0 Å². The van der Waals surface area contributed by atoms with Crippen LogP contribution in [0.1, 0.15) is 10.7 Å². The number of rotatable bonds is 2. The summed E-state index contributed by atoms with van der Waals surface area (Å²) in [7, 11) is 1.91. The molecule has 0 aliphatic carbocycles. The molecule has 0 spiro atoms. The smallest absolute Gasteiger partial charge is 0.117 e. The van der Waals surface area contributed by atoms with Crippen molar-refractivity contribution >= 4 is 39.4 Å². The molecule has 14 heavy (non-hydrogen) atoms. The van der Waals surface area contributed by atoms with E-state index in [-0.39, 0.29) is 0 Å². The molecule has 0 aromatic carbocycles. The fraction of sp³-hybridized carbons (Fsp3) is 0.111. The number of halogens is 1. The molecule has 0 aliphatic rings. The Labute approximate surface area is 94.2 Å². The zero-order chi connectivity index (χ0) is 9.97. The summed E-state index contributed by atoms with van der Waals surface area (Å²) in [5, 5.41) is 5.06. The SMILES string of the molecule is Cn1nccc1/C=C/c1ncc(Br)s1. The highest BCUT2D eigenvalue weighted by Crippen LogP contribution is 2.20. The Balaban J connectivity index is 2.19. The van der Waals surface area contributed by atoms with E-state index in [1.807, 2.05) is 29.9 Å². The van der Waals surface area contributed by atoms with Gasteiger partial charge in [0.2, 0.25) is 0 Å². The zero-order valence-corrected chi connectivity index (χ0v) is 9.92. The van der Waals surface area contributed by atoms with E-state index in [4.69, 9.17) is 0 Å². The van der Waals surface area contributed by atoms with Crippen LogP contribution in [-0.4, -0.2) is 14.8 Å². The topological polar surface area (TPSA) is 30.7 Å². The molecule has 0 saturated carbocycles. The average Bonchev–Trinajstić information content (AvgIpc) is 2.72. The van der Waals surface area contributed by atoms with Crippen molar-refractivity contribution in [3.8, 4) is 0 Å². The lowest BCUT2D eigenvalue weighted by atomic mass is 10.4. The van der Waals surface area contributed by atoms with Crippen LogP contribution in [0.5, 0.6) is 0 Å². The van der Waals surface area contributed by atoms with Gasteiger partial charge in [0.25, 0.3) is 0 Å². The van der Waals surface area contributed by atoms with Gasteiger partial charge in [0.1, 0.15) is 5.01 Å². The predicted molar refractivity (Wildman–Crippen MR) is 62.0 cm³/mol. The Bertz CT molecular complexity index is 458. The number of thiazole rings is 1. The first-order valence-electron chi connectivity index (χ1n) is 4.03. The Kier molecular flexibility index (Phi) is 2.79. The van der Waals surface area contributed by atoms with Crippen LogP contribution in [0.15, 0.2) is 22.2 Å². The summed E-state index contributed by atoms with van der Waals surface area (Å²) in [6.45, 7) is 0. The van der Waals surface area contributed by atoms with E-state index in [0.29, 0.717) is 0 Å². The van der Waals surface area contributed by atoms with E-state index >= 15 is 0 Å². The normalized spacial score (nSPS) is 11.3. The molecule has 5 heteroatoms. The highest BCUT2D eigenvalue weighted by atomic mass is 79.9. The second-order valence-corrected chi connectivity index (χ2v) is 5.16. The summed E-state index contributed by atoms with van der Waals surface area (Å²) >= 11 is 4.97. The number of hydrogen-bond acceptors (Lipinski definition) is 3. The number of aryl methyl sites for hydroxylation is 1. The second kappa shape index (κ2) is 4.06. The monoisotopic (exact) mass is 269 g/mol. The van der Waals surface area contributed by atoms with E-state index in [1.54, 1.807) is 23.7 Å². The van der Waals surface area contributed by atoms with Gasteiger partial charge in [-0.3, -0.25) is 4.68 Å². The summed E-state index contributed by atoms with van der Waals surface area (Å²) in [5.41, 5.74) is 1.07. The highest BCUT2D eigenvalue weighted by Gasteiger charge is 1.95. The molecule has 0 saturated heterocycles. The lowest BCUT2D eigenvalue weighted by Crippen LogP contribution is -1.91.